The number of nitrogens with one attached hydrogen (secondary N) is 1. The van der Waals surface area contributed by atoms with Crippen LogP contribution >= 0.6 is 11.3 Å². The van der Waals surface area contributed by atoms with E-state index in [-0.39, 0.29) is 29.6 Å². The van der Waals surface area contributed by atoms with Crippen LogP contribution < -0.4 is 5.32 Å². The zero-order chi connectivity index (χ0) is 18.8. The molecule has 2 saturated heterocycles. The van der Waals surface area contributed by atoms with Gasteiger partial charge in [-0.15, -0.1) is 10.2 Å². The fourth-order valence-electron chi connectivity index (χ4n) is 4.52. The van der Waals surface area contributed by atoms with Gasteiger partial charge < -0.3 is 15.1 Å². The summed E-state index contributed by atoms with van der Waals surface area (Å²) in [5.74, 6) is -0.177. The molecule has 4 rings (SSSR count). The van der Waals surface area contributed by atoms with Crippen LogP contribution in [0, 0.1) is 11.8 Å². The number of anilines is 1. The summed E-state index contributed by atoms with van der Waals surface area (Å²) in [6, 6.07) is 0.338. The van der Waals surface area contributed by atoms with Crippen molar-refractivity contribution in [2.45, 2.75) is 51.0 Å². The van der Waals surface area contributed by atoms with E-state index in [9.17, 15) is 14.4 Å². The fraction of sp³-hybridized carbons (Fsp3) is 0.722. The largest absolute Gasteiger partial charge is 0.342 e. The van der Waals surface area contributed by atoms with Crippen LogP contribution in [0.5, 0.6) is 0 Å². The lowest BCUT2D eigenvalue weighted by Gasteiger charge is -2.33. The molecule has 0 radical (unpaired) electrons. The van der Waals surface area contributed by atoms with Gasteiger partial charge in [-0.2, -0.15) is 0 Å². The van der Waals surface area contributed by atoms with Gasteiger partial charge in [0.25, 0.3) is 0 Å². The highest BCUT2D eigenvalue weighted by atomic mass is 32.1. The summed E-state index contributed by atoms with van der Waals surface area (Å²) in [7, 11) is 0. The van der Waals surface area contributed by atoms with Gasteiger partial charge in [-0.1, -0.05) is 24.2 Å². The van der Waals surface area contributed by atoms with Crippen molar-refractivity contribution in [2.24, 2.45) is 11.8 Å². The van der Waals surface area contributed by atoms with E-state index in [1.165, 1.54) is 24.2 Å². The molecule has 146 valence electrons. The van der Waals surface area contributed by atoms with Crippen molar-refractivity contribution in [3.63, 3.8) is 0 Å². The van der Waals surface area contributed by atoms with Gasteiger partial charge in [-0.3, -0.25) is 14.4 Å². The standard InChI is InChI=1S/C18H25N5O3S/c24-15-9-13(10-23(15)14-3-1-2-4-14)17(26)22-7-5-12(6-8-22)16(25)20-18-21-19-11-27-18/h11-14H,1-10H2,(H,20,21,25). The number of hydrogen-bond acceptors (Lipinski definition) is 6. The first-order valence-electron chi connectivity index (χ1n) is 9.77. The molecular weight excluding hydrogens is 366 g/mol. The quantitative estimate of drug-likeness (QED) is 0.839. The number of piperidine rings is 1. The van der Waals surface area contributed by atoms with Crippen molar-refractivity contribution in [3.8, 4) is 0 Å². The van der Waals surface area contributed by atoms with Crippen LogP contribution in [0.1, 0.15) is 44.9 Å². The van der Waals surface area contributed by atoms with E-state index < -0.39 is 0 Å². The van der Waals surface area contributed by atoms with E-state index in [2.05, 4.69) is 15.5 Å². The molecule has 1 aromatic heterocycles. The molecule has 1 unspecified atom stereocenters. The molecule has 9 heteroatoms. The van der Waals surface area contributed by atoms with Crippen LogP contribution in [0.4, 0.5) is 5.13 Å². The molecule has 0 aromatic carbocycles. The predicted molar refractivity (Wildman–Crippen MR) is 99.9 cm³/mol. The lowest BCUT2D eigenvalue weighted by atomic mass is 9.94. The van der Waals surface area contributed by atoms with Gasteiger partial charge in [0.05, 0.1) is 5.92 Å². The topological polar surface area (TPSA) is 95.5 Å². The number of carbonyl (C=O) groups is 3. The number of hydrogen-bond donors (Lipinski definition) is 1. The maximum atomic E-state index is 12.9. The van der Waals surface area contributed by atoms with Crippen molar-refractivity contribution in [1.82, 2.24) is 20.0 Å². The van der Waals surface area contributed by atoms with Crippen LogP contribution in [-0.2, 0) is 14.4 Å². The number of nitrogens with zero attached hydrogens (tertiary/aromatic N) is 4. The van der Waals surface area contributed by atoms with Crippen LogP contribution in [0.2, 0.25) is 0 Å². The first kappa shape index (κ1) is 18.3. The SMILES string of the molecule is O=C(Nc1nncs1)C1CCN(C(=O)C2CC(=O)N(C3CCCC3)C2)CC1. The maximum Gasteiger partial charge on any atom is 0.229 e. The first-order valence-corrected chi connectivity index (χ1v) is 10.6. The van der Waals surface area contributed by atoms with Crippen molar-refractivity contribution in [1.29, 1.82) is 0 Å². The highest BCUT2D eigenvalue weighted by molar-refractivity contribution is 7.13. The summed E-state index contributed by atoms with van der Waals surface area (Å²) < 4.78 is 0. The Morgan fingerprint density at radius 3 is 2.52 bits per heavy atom. The van der Waals surface area contributed by atoms with Gasteiger partial charge in [0.1, 0.15) is 5.51 Å². The summed E-state index contributed by atoms with van der Waals surface area (Å²) in [6.45, 7) is 1.71. The average Bonchev–Trinajstić information content (AvgIpc) is 3.43. The van der Waals surface area contributed by atoms with Crippen molar-refractivity contribution in [3.05, 3.63) is 5.51 Å². The number of aromatic nitrogens is 2. The van der Waals surface area contributed by atoms with Crippen LogP contribution in [0.25, 0.3) is 0 Å². The maximum absolute atomic E-state index is 12.9. The molecule has 2 aliphatic heterocycles. The lowest BCUT2D eigenvalue weighted by molar-refractivity contribution is -0.138. The normalized spacial score (nSPS) is 24.6. The zero-order valence-corrected chi connectivity index (χ0v) is 16.1. The lowest BCUT2D eigenvalue weighted by Crippen LogP contribution is -2.44. The smallest absolute Gasteiger partial charge is 0.229 e. The molecule has 1 saturated carbocycles. The molecule has 0 spiro atoms. The third-order valence-corrected chi connectivity index (χ3v) is 6.65. The molecule has 1 aromatic rings. The Morgan fingerprint density at radius 2 is 1.85 bits per heavy atom. The van der Waals surface area contributed by atoms with E-state index in [4.69, 9.17) is 0 Å². The van der Waals surface area contributed by atoms with Gasteiger partial charge >= 0.3 is 0 Å². The van der Waals surface area contributed by atoms with Gasteiger partial charge in [-0.05, 0) is 25.7 Å². The van der Waals surface area contributed by atoms with E-state index in [0.717, 1.165) is 12.8 Å². The van der Waals surface area contributed by atoms with E-state index in [1.54, 1.807) is 5.51 Å². The summed E-state index contributed by atoms with van der Waals surface area (Å²) in [4.78, 5) is 41.3. The molecule has 0 bridgehead atoms. The zero-order valence-electron chi connectivity index (χ0n) is 15.3. The fourth-order valence-corrected chi connectivity index (χ4v) is 4.97. The van der Waals surface area contributed by atoms with Gasteiger partial charge in [-0.25, -0.2) is 0 Å². The Bertz CT molecular complexity index is 696. The third-order valence-electron chi connectivity index (χ3n) is 6.04. The number of carbonyl (C=O) groups excluding carboxylic acids is 3. The van der Waals surface area contributed by atoms with Crippen molar-refractivity contribution in [2.75, 3.05) is 25.0 Å². The molecule has 27 heavy (non-hydrogen) atoms. The Morgan fingerprint density at radius 1 is 1.11 bits per heavy atom. The summed E-state index contributed by atoms with van der Waals surface area (Å²) in [5.41, 5.74) is 1.58. The highest BCUT2D eigenvalue weighted by Crippen LogP contribution is 2.31. The summed E-state index contributed by atoms with van der Waals surface area (Å²) >= 11 is 1.29. The molecule has 1 aliphatic carbocycles. The van der Waals surface area contributed by atoms with Gasteiger partial charge in [0, 0.05) is 38.0 Å². The second-order valence-corrected chi connectivity index (χ2v) is 8.55. The Kier molecular flexibility index (Phi) is 5.38. The molecule has 1 N–H and O–H groups in total. The minimum absolute atomic E-state index is 0.0534. The Labute approximate surface area is 162 Å². The first-order chi connectivity index (χ1) is 13.1. The molecular formula is C18H25N5O3S. The molecule has 1 atom stereocenters. The van der Waals surface area contributed by atoms with Crippen molar-refractivity contribution < 1.29 is 14.4 Å². The van der Waals surface area contributed by atoms with Gasteiger partial charge in [0.2, 0.25) is 22.9 Å². The van der Waals surface area contributed by atoms with E-state index in [1.807, 2.05) is 9.80 Å². The Balaban J connectivity index is 1.27. The third kappa shape index (κ3) is 3.97. The minimum Gasteiger partial charge on any atom is -0.342 e. The number of likely N-dealkylation sites (tertiary alicyclic amines) is 2. The minimum atomic E-state index is -0.218. The van der Waals surface area contributed by atoms with Crippen LogP contribution in [0.15, 0.2) is 5.51 Å². The van der Waals surface area contributed by atoms with E-state index >= 15 is 0 Å². The van der Waals surface area contributed by atoms with Crippen LogP contribution in [0.3, 0.4) is 0 Å². The average molecular weight is 391 g/mol. The molecule has 3 fully saturated rings. The molecule has 8 nitrogen and oxygen atoms in total. The summed E-state index contributed by atoms with van der Waals surface area (Å²) in [6.07, 6.45) is 6.13. The number of rotatable bonds is 4. The van der Waals surface area contributed by atoms with E-state index in [0.29, 0.717) is 50.1 Å². The molecule has 3 amide bonds. The van der Waals surface area contributed by atoms with Crippen LogP contribution in [-0.4, -0.2) is 63.4 Å². The predicted octanol–water partition coefficient (Wildman–Crippen LogP) is 1.51. The Hall–Kier alpha value is -2.03. The summed E-state index contributed by atoms with van der Waals surface area (Å²) in [5, 5.41) is 10.8. The monoisotopic (exact) mass is 391 g/mol. The second-order valence-electron chi connectivity index (χ2n) is 7.72. The highest BCUT2D eigenvalue weighted by Gasteiger charge is 2.41. The van der Waals surface area contributed by atoms with Gasteiger partial charge in [0.15, 0.2) is 0 Å². The molecule has 3 aliphatic rings. The number of amides is 3. The second kappa shape index (κ2) is 7.92. The van der Waals surface area contributed by atoms with Crippen molar-refractivity contribution >= 4 is 34.2 Å². The molecule has 3 heterocycles.